The lowest BCUT2D eigenvalue weighted by Gasteiger charge is -2.12. The van der Waals surface area contributed by atoms with Crippen molar-refractivity contribution >= 4 is 28.3 Å². The van der Waals surface area contributed by atoms with E-state index in [2.05, 4.69) is 10.1 Å². The van der Waals surface area contributed by atoms with E-state index in [1.54, 1.807) is 6.92 Å². The van der Waals surface area contributed by atoms with Crippen molar-refractivity contribution in [1.29, 1.82) is 0 Å². The molecule has 130 valence electrons. The molecule has 0 saturated heterocycles. The van der Waals surface area contributed by atoms with Gasteiger partial charge in [0.2, 0.25) is 0 Å². The lowest BCUT2D eigenvalue weighted by molar-refractivity contribution is -0.153. The summed E-state index contributed by atoms with van der Waals surface area (Å²) >= 11 is 0. The van der Waals surface area contributed by atoms with Crippen LogP contribution < -0.4 is 0 Å². The van der Waals surface area contributed by atoms with Crippen molar-refractivity contribution in [3.63, 3.8) is 0 Å². The minimum atomic E-state index is -0.702. The van der Waals surface area contributed by atoms with Crippen molar-refractivity contribution in [2.45, 2.75) is 46.6 Å². The molecular formula is C19H21N3O3. The van der Waals surface area contributed by atoms with Gasteiger partial charge in [0.05, 0.1) is 5.52 Å². The fourth-order valence-corrected chi connectivity index (χ4v) is 2.90. The van der Waals surface area contributed by atoms with Gasteiger partial charge in [-0.1, -0.05) is 12.1 Å². The van der Waals surface area contributed by atoms with Crippen LogP contribution in [0.25, 0.3) is 16.6 Å². The molecule has 0 aliphatic heterocycles. The minimum absolute atomic E-state index is 0.160. The molecule has 0 aliphatic carbocycles. The standard InChI is InChI=1S/C19H21N3O3/c1-11-15(9-10-18(24)25-14(4)13(3)23)12(2)22-19(20-11)16-7-5-6-8-17(16)21-22/h5-8,14H,9-10H2,1-4H3/t14-/m1/s1. The van der Waals surface area contributed by atoms with Crippen LogP contribution in [0.4, 0.5) is 0 Å². The lowest BCUT2D eigenvalue weighted by Crippen LogP contribution is -2.22. The first-order chi connectivity index (χ1) is 11.9. The second-order valence-electron chi connectivity index (χ2n) is 6.26. The Hall–Kier alpha value is -2.76. The molecule has 0 saturated carbocycles. The Morgan fingerprint density at radius 1 is 1.24 bits per heavy atom. The maximum atomic E-state index is 11.9. The molecule has 0 N–H and O–H groups in total. The Labute approximate surface area is 145 Å². The molecule has 0 fully saturated rings. The molecule has 3 rings (SSSR count). The Bertz CT molecular complexity index is 975. The summed E-state index contributed by atoms with van der Waals surface area (Å²) in [6, 6.07) is 7.88. The number of ketones is 1. The molecule has 0 bridgehead atoms. The van der Waals surface area contributed by atoms with Crippen molar-refractivity contribution in [1.82, 2.24) is 14.6 Å². The number of fused-ring (bicyclic) bond motifs is 3. The summed E-state index contributed by atoms with van der Waals surface area (Å²) in [7, 11) is 0. The molecule has 1 aromatic carbocycles. The van der Waals surface area contributed by atoms with Gasteiger partial charge in [0.1, 0.15) is 0 Å². The number of aryl methyl sites for hydroxylation is 2. The van der Waals surface area contributed by atoms with E-state index < -0.39 is 6.10 Å². The van der Waals surface area contributed by atoms with E-state index in [1.807, 2.05) is 42.6 Å². The molecular weight excluding hydrogens is 318 g/mol. The summed E-state index contributed by atoms with van der Waals surface area (Å²) in [5, 5.41) is 5.62. The third kappa shape index (κ3) is 3.24. The first kappa shape index (κ1) is 17.1. The highest BCUT2D eigenvalue weighted by atomic mass is 16.5. The van der Waals surface area contributed by atoms with Gasteiger partial charge in [0, 0.05) is 23.2 Å². The second-order valence-corrected chi connectivity index (χ2v) is 6.26. The number of benzene rings is 1. The van der Waals surface area contributed by atoms with Gasteiger partial charge >= 0.3 is 5.97 Å². The minimum Gasteiger partial charge on any atom is -0.455 e. The topological polar surface area (TPSA) is 73.6 Å². The Balaban J connectivity index is 1.88. The van der Waals surface area contributed by atoms with Gasteiger partial charge in [-0.05, 0) is 51.8 Å². The van der Waals surface area contributed by atoms with Gasteiger partial charge in [-0.3, -0.25) is 9.59 Å². The maximum absolute atomic E-state index is 11.9. The van der Waals surface area contributed by atoms with Crippen LogP contribution in [0.1, 0.15) is 37.2 Å². The number of hydrogen-bond acceptors (Lipinski definition) is 5. The number of rotatable bonds is 5. The predicted octanol–water partition coefficient (Wildman–Crippen LogP) is 2.95. The maximum Gasteiger partial charge on any atom is 0.306 e. The zero-order valence-corrected chi connectivity index (χ0v) is 14.9. The zero-order valence-electron chi connectivity index (χ0n) is 14.9. The molecule has 0 aliphatic rings. The van der Waals surface area contributed by atoms with E-state index >= 15 is 0 Å². The van der Waals surface area contributed by atoms with Gasteiger partial charge in [-0.15, -0.1) is 0 Å². The van der Waals surface area contributed by atoms with Crippen molar-refractivity contribution in [2.24, 2.45) is 0 Å². The number of hydrogen-bond donors (Lipinski definition) is 0. The summed E-state index contributed by atoms with van der Waals surface area (Å²) in [5.41, 5.74) is 4.54. The quantitative estimate of drug-likeness (QED) is 0.668. The van der Waals surface area contributed by atoms with E-state index in [0.29, 0.717) is 6.42 Å². The van der Waals surface area contributed by atoms with Gasteiger partial charge in [0.25, 0.3) is 0 Å². The molecule has 6 heteroatoms. The van der Waals surface area contributed by atoms with Gasteiger partial charge < -0.3 is 4.74 Å². The lowest BCUT2D eigenvalue weighted by atomic mass is 10.1. The van der Waals surface area contributed by atoms with Crippen molar-refractivity contribution in [2.75, 3.05) is 0 Å². The Morgan fingerprint density at radius 3 is 2.68 bits per heavy atom. The molecule has 6 nitrogen and oxygen atoms in total. The van der Waals surface area contributed by atoms with Crippen LogP contribution >= 0.6 is 0 Å². The number of aromatic nitrogens is 3. The number of nitrogens with zero attached hydrogens (tertiary/aromatic N) is 3. The molecule has 0 amide bonds. The SMILES string of the molecule is CC(=O)[C@@H](C)OC(=O)CCc1c(C)nc2c3ccccc3nn2c1C. The summed E-state index contributed by atoms with van der Waals surface area (Å²) in [6.45, 7) is 6.91. The van der Waals surface area contributed by atoms with Crippen LogP contribution in [-0.2, 0) is 20.7 Å². The summed E-state index contributed by atoms with van der Waals surface area (Å²) in [4.78, 5) is 27.8. The van der Waals surface area contributed by atoms with Crippen LogP contribution in [0.2, 0.25) is 0 Å². The molecule has 25 heavy (non-hydrogen) atoms. The fourth-order valence-electron chi connectivity index (χ4n) is 2.90. The predicted molar refractivity (Wildman–Crippen MR) is 94.5 cm³/mol. The number of carbonyl (C=O) groups is 2. The molecule has 1 atom stereocenters. The Kier molecular flexibility index (Phi) is 4.53. The molecule has 0 unspecified atom stereocenters. The van der Waals surface area contributed by atoms with Gasteiger partial charge in [0.15, 0.2) is 17.5 Å². The molecule has 0 spiro atoms. The van der Waals surface area contributed by atoms with E-state index in [9.17, 15) is 9.59 Å². The first-order valence-electron chi connectivity index (χ1n) is 8.32. The van der Waals surface area contributed by atoms with E-state index in [0.717, 1.165) is 33.5 Å². The van der Waals surface area contributed by atoms with Crippen LogP contribution in [0.3, 0.4) is 0 Å². The highest BCUT2D eigenvalue weighted by Crippen LogP contribution is 2.23. The highest BCUT2D eigenvalue weighted by molar-refractivity contribution is 5.92. The number of Topliss-reactive ketones (excluding diaryl/α,β-unsaturated/α-hetero) is 1. The average molecular weight is 339 g/mol. The zero-order chi connectivity index (χ0) is 18.1. The second kappa shape index (κ2) is 6.63. The van der Waals surface area contributed by atoms with Crippen LogP contribution in [0.5, 0.6) is 0 Å². The third-order valence-electron chi connectivity index (χ3n) is 4.48. The van der Waals surface area contributed by atoms with Gasteiger partial charge in [-0.2, -0.15) is 5.10 Å². The van der Waals surface area contributed by atoms with Crippen LogP contribution in [0.15, 0.2) is 24.3 Å². The van der Waals surface area contributed by atoms with Crippen molar-refractivity contribution < 1.29 is 14.3 Å². The van der Waals surface area contributed by atoms with E-state index in [4.69, 9.17) is 4.74 Å². The molecule has 3 aromatic rings. The summed E-state index contributed by atoms with van der Waals surface area (Å²) < 4.78 is 6.95. The van der Waals surface area contributed by atoms with E-state index in [-0.39, 0.29) is 18.2 Å². The van der Waals surface area contributed by atoms with Crippen molar-refractivity contribution in [3.05, 3.63) is 41.2 Å². The Morgan fingerprint density at radius 2 is 1.96 bits per heavy atom. The summed E-state index contributed by atoms with van der Waals surface area (Å²) in [6.07, 6.45) is -0.000187. The van der Waals surface area contributed by atoms with Gasteiger partial charge in [-0.25, -0.2) is 9.50 Å². The number of ether oxygens (including phenoxy) is 1. The molecule has 0 radical (unpaired) electrons. The third-order valence-corrected chi connectivity index (χ3v) is 4.48. The normalized spacial score (nSPS) is 12.5. The molecule has 2 aromatic heterocycles. The molecule has 2 heterocycles. The average Bonchev–Trinajstić information content (AvgIpc) is 2.93. The highest BCUT2D eigenvalue weighted by Gasteiger charge is 2.17. The number of esters is 1. The van der Waals surface area contributed by atoms with Crippen molar-refractivity contribution in [3.8, 4) is 0 Å². The van der Waals surface area contributed by atoms with E-state index in [1.165, 1.54) is 6.92 Å². The monoisotopic (exact) mass is 339 g/mol. The largest absolute Gasteiger partial charge is 0.455 e. The van der Waals surface area contributed by atoms with Crippen LogP contribution in [-0.4, -0.2) is 32.5 Å². The number of carbonyl (C=O) groups excluding carboxylic acids is 2. The summed E-state index contributed by atoms with van der Waals surface area (Å²) in [5.74, 6) is -0.542. The fraction of sp³-hybridized carbons (Fsp3) is 0.368. The van der Waals surface area contributed by atoms with Crippen LogP contribution in [0, 0.1) is 13.8 Å². The smallest absolute Gasteiger partial charge is 0.306 e. The first-order valence-corrected chi connectivity index (χ1v) is 8.32.